The van der Waals surface area contributed by atoms with E-state index in [9.17, 15) is 4.79 Å². The average molecular weight is 419 g/mol. The normalized spacial score (nSPS) is 12.7. The average Bonchev–Trinajstić information content (AvgIpc) is 3.11. The van der Waals surface area contributed by atoms with Crippen molar-refractivity contribution in [1.29, 1.82) is 0 Å². The van der Waals surface area contributed by atoms with Crippen molar-refractivity contribution in [3.05, 3.63) is 68.7 Å². The Morgan fingerprint density at radius 2 is 2.07 bits per heavy atom. The first-order valence-corrected chi connectivity index (χ1v) is 9.77. The second-order valence-electron chi connectivity index (χ2n) is 7.01. The zero-order chi connectivity index (χ0) is 18.8. The summed E-state index contributed by atoms with van der Waals surface area (Å²) in [7, 11) is 0. The molecule has 0 saturated heterocycles. The van der Waals surface area contributed by atoms with Crippen LogP contribution in [-0.4, -0.2) is 28.0 Å². The number of rotatable bonds is 6. The van der Waals surface area contributed by atoms with Crippen molar-refractivity contribution in [2.75, 3.05) is 18.4 Å². The molecule has 0 atom stereocenters. The highest BCUT2D eigenvalue weighted by Crippen LogP contribution is 2.27. The first-order chi connectivity index (χ1) is 13.1. The van der Waals surface area contributed by atoms with Crippen LogP contribution in [0.15, 0.2) is 41.2 Å². The van der Waals surface area contributed by atoms with Gasteiger partial charge in [0.1, 0.15) is 5.82 Å². The van der Waals surface area contributed by atoms with E-state index in [1.165, 1.54) is 16.8 Å². The Balaban J connectivity index is 0.00000225. The van der Waals surface area contributed by atoms with Crippen LogP contribution in [0.5, 0.6) is 0 Å². The minimum atomic E-state index is -0.120. The predicted molar refractivity (Wildman–Crippen MR) is 118 cm³/mol. The molecule has 0 saturated carbocycles. The molecule has 0 aliphatic carbocycles. The molecule has 2 heterocycles. The smallest absolute Gasteiger partial charge is 0.258 e. The minimum Gasteiger partial charge on any atom is -0.384 e. The largest absolute Gasteiger partial charge is 0.384 e. The van der Waals surface area contributed by atoms with Crippen molar-refractivity contribution >= 4 is 40.6 Å². The lowest BCUT2D eigenvalue weighted by molar-refractivity contribution is 0.251. The lowest BCUT2D eigenvalue weighted by Crippen LogP contribution is -2.26. The Morgan fingerprint density at radius 3 is 2.89 bits per heavy atom. The summed E-state index contributed by atoms with van der Waals surface area (Å²) >= 11 is 6.07. The molecule has 1 aliphatic rings. The van der Waals surface area contributed by atoms with E-state index in [0.29, 0.717) is 28.3 Å². The second kappa shape index (κ2) is 8.95. The molecule has 1 aromatic heterocycles. The topological polar surface area (TPSA) is 61.0 Å². The number of H-pyrrole nitrogens is 1. The maximum atomic E-state index is 12.4. The summed E-state index contributed by atoms with van der Waals surface area (Å²) < 4.78 is 0. The van der Waals surface area contributed by atoms with Crippen LogP contribution in [0.3, 0.4) is 0 Å². The molecule has 2 N–H and O–H groups in total. The van der Waals surface area contributed by atoms with Crippen molar-refractivity contribution in [3.8, 4) is 0 Å². The molecule has 0 unspecified atom stereocenters. The summed E-state index contributed by atoms with van der Waals surface area (Å²) in [4.78, 5) is 22.3. The van der Waals surface area contributed by atoms with E-state index in [0.717, 1.165) is 32.5 Å². The molecule has 5 nitrogen and oxygen atoms in total. The van der Waals surface area contributed by atoms with Crippen molar-refractivity contribution in [2.45, 2.75) is 32.9 Å². The summed E-state index contributed by atoms with van der Waals surface area (Å²) in [5, 5.41) is 4.66. The maximum absolute atomic E-state index is 12.4. The molecular formula is C21H24Cl2N4O. The van der Waals surface area contributed by atoms with Crippen LogP contribution in [-0.2, 0) is 19.5 Å². The minimum absolute atomic E-state index is 0. The van der Waals surface area contributed by atoms with E-state index >= 15 is 0 Å². The third kappa shape index (κ3) is 4.32. The molecule has 3 aromatic rings. The van der Waals surface area contributed by atoms with Gasteiger partial charge in [0.25, 0.3) is 5.56 Å². The Kier molecular flexibility index (Phi) is 6.60. The van der Waals surface area contributed by atoms with Crippen LogP contribution in [0.25, 0.3) is 10.9 Å². The van der Waals surface area contributed by atoms with E-state index in [4.69, 9.17) is 11.6 Å². The van der Waals surface area contributed by atoms with E-state index < -0.39 is 0 Å². The number of halogens is 2. The fraction of sp³-hybridized carbons (Fsp3) is 0.333. The molecule has 0 radical (unpaired) electrons. The number of benzene rings is 2. The van der Waals surface area contributed by atoms with Crippen molar-refractivity contribution < 1.29 is 0 Å². The zero-order valence-electron chi connectivity index (χ0n) is 15.8. The molecule has 0 amide bonds. The number of hydrogen-bond acceptors (Lipinski definition) is 4. The van der Waals surface area contributed by atoms with Gasteiger partial charge in [-0.2, -0.15) is 0 Å². The predicted octanol–water partition coefficient (Wildman–Crippen LogP) is 4.38. The van der Waals surface area contributed by atoms with Gasteiger partial charge in [0.2, 0.25) is 0 Å². The fourth-order valence-electron chi connectivity index (χ4n) is 3.76. The Morgan fingerprint density at radius 1 is 1.21 bits per heavy atom. The standard InChI is InChI=1S/C21H23ClN4O.ClH/c1-2-10-26(12-15-5-3-4-14-8-9-23-20(14)15)13-19-24-18-11-16(22)6-7-17(18)21(27)25-19;/h3-7,11,23H,2,8-10,12-13H2,1H3,(H,24,25,27);1H. The van der Waals surface area contributed by atoms with Crippen molar-refractivity contribution in [2.24, 2.45) is 0 Å². The number of nitrogens with one attached hydrogen (secondary N) is 2. The van der Waals surface area contributed by atoms with Gasteiger partial charge in [0, 0.05) is 23.8 Å². The monoisotopic (exact) mass is 418 g/mol. The van der Waals surface area contributed by atoms with Crippen LogP contribution in [0.1, 0.15) is 30.3 Å². The molecule has 0 fully saturated rings. The van der Waals surface area contributed by atoms with Crippen LogP contribution in [0, 0.1) is 0 Å². The van der Waals surface area contributed by atoms with Gasteiger partial charge in [-0.15, -0.1) is 12.4 Å². The van der Waals surface area contributed by atoms with Crippen LogP contribution in [0.2, 0.25) is 5.02 Å². The molecule has 1 aliphatic heterocycles. The molecule has 148 valence electrons. The Bertz CT molecular complexity index is 1030. The number of nitrogens with zero attached hydrogens (tertiary/aromatic N) is 2. The third-order valence-corrected chi connectivity index (χ3v) is 5.19. The summed E-state index contributed by atoms with van der Waals surface area (Å²) in [5.74, 6) is 0.670. The van der Waals surface area contributed by atoms with E-state index in [-0.39, 0.29) is 18.0 Å². The van der Waals surface area contributed by atoms with E-state index in [1.54, 1.807) is 18.2 Å². The number of para-hydroxylation sites is 1. The van der Waals surface area contributed by atoms with Crippen molar-refractivity contribution in [1.82, 2.24) is 14.9 Å². The first kappa shape index (κ1) is 20.6. The van der Waals surface area contributed by atoms with Gasteiger partial charge >= 0.3 is 0 Å². The lowest BCUT2D eigenvalue weighted by atomic mass is 10.1. The number of hydrogen-bond donors (Lipinski definition) is 2. The molecule has 0 spiro atoms. The highest BCUT2D eigenvalue weighted by Gasteiger charge is 2.16. The summed E-state index contributed by atoms with van der Waals surface area (Å²) in [6, 6.07) is 11.7. The second-order valence-corrected chi connectivity index (χ2v) is 7.45. The van der Waals surface area contributed by atoms with Crippen LogP contribution < -0.4 is 10.9 Å². The number of aromatic amines is 1. The summed E-state index contributed by atoms with van der Waals surface area (Å²) in [6.07, 6.45) is 2.11. The SMILES string of the molecule is CCCN(Cc1nc2cc(Cl)ccc2c(=O)[nH]1)Cc1cccc2c1NCC2.Cl. The van der Waals surface area contributed by atoms with Gasteiger partial charge in [0.15, 0.2) is 0 Å². The first-order valence-electron chi connectivity index (χ1n) is 9.39. The van der Waals surface area contributed by atoms with Gasteiger partial charge in [0.05, 0.1) is 17.4 Å². The highest BCUT2D eigenvalue weighted by atomic mass is 35.5. The fourth-order valence-corrected chi connectivity index (χ4v) is 3.93. The number of aromatic nitrogens is 2. The Labute approximate surface area is 175 Å². The van der Waals surface area contributed by atoms with Gasteiger partial charge in [-0.3, -0.25) is 9.69 Å². The molecule has 4 rings (SSSR count). The molecule has 28 heavy (non-hydrogen) atoms. The van der Waals surface area contributed by atoms with E-state index in [1.807, 2.05) is 0 Å². The van der Waals surface area contributed by atoms with Gasteiger partial charge in [-0.05, 0) is 48.7 Å². The highest BCUT2D eigenvalue weighted by molar-refractivity contribution is 6.31. The van der Waals surface area contributed by atoms with E-state index in [2.05, 4.69) is 45.3 Å². The van der Waals surface area contributed by atoms with Gasteiger partial charge < -0.3 is 10.3 Å². The lowest BCUT2D eigenvalue weighted by Gasteiger charge is -2.22. The van der Waals surface area contributed by atoms with Crippen LogP contribution >= 0.6 is 24.0 Å². The van der Waals surface area contributed by atoms with Crippen molar-refractivity contribution in [3.63, 3.8) is 0 Å². The molecule has 7 heteroatoms. The van der Waals surface area contributed by atoms with Gasteiger partial charge in [-0.1, -0.05) is 36.7 Å². The maximum Gasteiger partial charge on any atom is 0.258 e. The summed E-state index contributed by atoms with van der Waals surface area (Å²) in [5.41, 5.74) is 4.47. The molecular weight excluding hydrogens is 395 g/mol. The number of anilines is 1. The number of fused-ring (bicyclic) bond motifs is 2. The molecule has 0 bridgehead atoms. The molecule has 2 aromatic carbocycles. The third-order valence-electron chi connectivity index (χ3n) is 4.96. The van der Waals surface area contributed by atoms with Gasteiger partial charge in [-0.25, -0.2) is 4.98 Å². The quantitative estimate of drug-likeness (QED) is 0.623. The Hall–Kier alpha value is -2.08. The summed E-state index contributed by atoms with van der Waals surface area (Å²) in [6.45, 7) is 5.51. The van der Waals surface area contributed by atoms with Crippen LogP contribution in [0.4, 0.5) is 5.69 Å². The zero-order valence-corrected chi connectivity index (χ0v) is 17.4.